The number of esters is 1. The summed E-state index contributed by atoms with van der Waals surface area (Å²) in [7, 11) is 0. The van der Waals surface area contributed by atoms with Crippen LogP contribution >= 0.6 is 0 Å². The minimum absolute atomic E-state index is 0.0397. The van der Waals surface area contributed by atoms with E-state index in [2.05, 4.69) is 16.6 Å². The summed E-state index contributed by atoms with van der Waals surface area (Å²) in [5, 5.41) is 12.2. The highest BCUT2D eigenvalue weighted by Crippen LogP contribution is 1.93. The van der Waals surface area contributed by atoms with Gasteiger partial charge in [-0.05, 0) is 6.92 Å². The maximum absolute atomic E-state index is 10.9. The molecule has 0 saturated carbocycles. The molecule has 0 saturated heterocycles. The molecule has 0 fully saturated rings. The largest absolute Gasteiger partial charge is 0.466 e. The van der Waals surface area contributed by atoms with E-state index in [4.69, 9.17) is 0 Å². The second kappa shape index (κ2) is 7.76. The fourth-order valence-corrected chi connectivity index (χ4v) is 0.836. The van der Waals surface area contributed by atoms with Crippen molar-refractivity contribution < 1.29 is 14.6 Å². The molecule has 1 unspecified atom stereocenters. The highest BCUT2D eigenvalue weighted by Gasteiger charge is 2.10. The van der Waals surface area contributed by atoms with E-state index >= 15 is 0 Å². The van der Waals surface area contributed by atoms with Crippen molar-refractivity contribution in [3.05, 3.63) is 12.7 Å². The van der Waals surface area contributed by atoms with Gasteiger partial charge in [0.25, 0.3) is 0 Å². The van der Waals surface area contributed by atoms with Gasteiger partial charge < -0.3 is 15.2 Å². The number of aliphatic hydroxyl groups is 1. The fourth-order valence-electron chi connectivity index (χ4n) is 0.836. The van der Waals surface area contributed by atoms with Crippen LogP contribution in [-0.2, 0) is 9.53 Å². The van der Waals surface area contributed by atoms with Gasteiger partial charge in [-0.25, -0.2) is 0 Å². The molecule has 0 radical (unpaired) electrons. The van der Waals surface area contributed by atoms with Gasteiger partial charge in [0.2, 0.25) is 0 Å². The van der Waals surface area contributed by atoms with Crippen LogP contribution in [0.5, 0.6) is 0 Å². The van der Waals surface area contributed by atoms with E-state index in [-0.39, 0.29) is 12.4 Å². The first-order valence-corrected chi connectivity index (χ1v) is 4.36. The van der Waals surface area contributed by atoms with Crippen LogP contribution in [0.1, 0.15) is 13.3 Å². The van der Waals surface area contributed by atoms with Crippen LogP contribution < -0.4 is 5.32 Å². The molecule has 1 atom stereocenters. The summed E-state index contributed by atoms with van der Waals surface area (Å²) >= 11 is 0. The summed E-state index contributed by atoms with van der Waals surface area (Å²) < 4.78 is 4.67. The summed E-state index contributed by atoms with van der Waals surface area (Å²) in [5.41, 5.74) is 0. The maximum Gasteiger partial charge on any atom is 0.308 e. The third-order valence-electron chi connectivity index (χ3n) is 1.38. The number of hydrogen-bond acceptors (Lipinski definition) is 4. The zero-order valence-electron chi connectivity index (χ0n) is 7.95. The number of carbonyl (C=O) groups is 1. The topological polar surface area (TPSA) is 58.6 Å². The van der Waals surface area contributed by atoms with Gasteiger partial charge in [-0.3, -0.25) is 4.79 Å². The molecule has 0 spiro atoms. The Bertz CT molecular complexity index is 159. The van der Waals surface area contributed by atoms with Crippen molar-refractivity contribution in [1.29, 1.82) is 0 Å². The molecule has 0 rings (SSSR count). The Hall–Kier alpha value is -0.870. The number of aliphatic hydroxyl groups excluding tert-OH is 1. The van der Waals surface area contributed by atoms with Crippen molar-refractivity contribution in [2.45, 2.75) is 19.4 Å². The predicted molar refractivity (Wildman–Crippen MR) is 50.3 cm³/mol. The first-order chi connectivity index (χ1) is 6.20. The highest BCUT2D eigenvalue weighted by molar-refractivity contribution is 5.69. The van der Waals surface area contributed by atoms with E-state index in [1.54, 1.807) is 13.0 Å². The zero-order valence-corrected chi connectivity index (χ0v) is 7.95. The maximum atomic E-state index is 10.9. The Morgan fingerprint density at radius 3 is 3.00 bits per heavy atom. The number of hydrogen-bond donors (Lipinski definition) is 2. The lowest BCUT2D eigenvalue weighted by molar-refractivity contribution is -0.145. The van der Waals surface area contributed by atoms with Crippen LogP contribution in [0, 0.1) is 0 Å². The summed E-state index contributed by atoms with van der Waals surface area (Å²) in [6.45, 7) is 6.61. The molecule has 0 aliphatic heterocycles. The van der Waals surface area contributed by atoms with Crippen LogP contribution in [0.15, 0.2) is 12.7 Å². The average molecular weight is 187 g/mol. The summed E-state index contributed by atoms with van der Waals surface area (Å²) in [4.78, 5) is 10.9. The Morgan fingerprint density at radius 1 is 1.77 bits per heavy atom. The lowest BCUT2D eigenvalue weighted by atomic mass is 10.2. The van der Waals surface area contributed by atoms with Gasteiger partial charge >= 0.3 is 5.97 Å². The highest BCUT2D eigenvalue weighted by atomic mass is 16.5. The molecule has 0 amide bonds. The zero-order chi connectivity index (χ0) is 10.1. The molecule has 0 aliphatic carbocycles. The van der Waals surface area contributed by atoms with Gasteiger partial charge in [-0.1, -0.05) is 6.08 Å². The molecule has 76 valence electrons. The molecule has 2 N–H and O–H groups in total. The van der Waals surface area contributed by atoms with Crippen molar-refractivity contribution in [3.8, 4) is 0 Å². The van der Waals surface area contributed by atoms with Crippen molar-refractivity contribution in [2.75, 3.05) is 19.7 Å². The van der Waals surface area contributed by atoms with Crippen LogP contribution in [0.3, 0.4) is 0 Å². The summed E-state index contributed by atoms with van der Waals surface area (Å²) in [6.07, 6.45) is 1.05. The van der Waals surface area contributed by atoms with E-state index in [9.17, 15) is 9.90 Å². The molecule has 0 heterocycles. The van der Waals surface area contributed by atoms with Crippen molar-refractivity contribution >= 4 is 5.97 Å². The molecule has 0 aromatic rings. The monoisotopic (exact) mass is 187 g/mol. The second-order valence-electron chi connectivity index (χ2n) is 2.61. The van der Waals surface area contributed by atoms with Gasteiger partial charge in [0.1, 0.15) is 0 Å². The molecule has 0 aliphatic rings. The quantitative estimate of drug-likeness (QED) is 0.336. The molecular formula is C9H17NO3. The van der Waals surface area contributed by atoms with Crippen LogP contribution in [0.2, 0.25) is 0 Å². The third kappa shape index (κ3) is 7.49. The standard InChI is InChI=1S/C9H17NO3/c1-3-5-10-7-8(11)6-9(12)13-4-2/h3,8,10-11H,1,4-7H2,2H3. The minimum atomic E-state index is -0.681. The number of ether oxygens (including phenoxy) is 1. The van der Waals surface area contributed by atoms with Gasteiger partial charge in [-0.15, -0.1) is 6.58 Å². The van der Waals surface area contributed by atoms with Gasteiger partial charge in [0, 0.05) is 13.1 Å². The first-order valence-electron chi connectivity index (χ1n) is 4.36. The van der Waals surface area contributed by atoms with Gasteiger partial charge in [0.05, 0.1) is 19.1 Å². The SMILES string of the molecule is C=CCNCC(O)CC(=O)OCC. The number of rotatable bonds is 7. The minimum Gasteiger partial charge on any atom is -0.466 e. The van der Waals surface area contributed by atoms with E-state index in [0.29, 0.717) is 19.7 Å². The molecule has 4 nitrogen and oxygen atoms in total. The van der Waals surface area contributed by atoms with Gasteiger partial charge in [-0.2, -0.15) is 0 Å². The Morgan fingerprint density at radius 2 is 2.46 bits per heavy atom. The molecule has 0 aromatic heterocycles. The molecular weight excluding hydrogens is 170 g/mol. The first kappa shape index (κ1) is 12.1. The van der Waals surface area contributed by atoms with E-state index in [1.165, 1.54) is 0 Å². The Kier molecular flexibility index (Phi) is 7.24. The van der Waals surface area contributed by atoms with Crippen molar-refractivity contribution in [2.24, 2.45) is 0 Å². The summed E-state index contributed by atoms with van der Waals surface area (Å²) in [5.74, 6) is -0.365. The second-order valence-corrected chi connectivity index (χ2v) is 2.61. The van der Waals surface area contributed by atoms with Crippen molar-refractivity contribution in [3.63, 3.8) is 0 Å². The molecule has 0 aromatic carbocycles. The summed E-state index contributed by atoms with van der Waals surface area (Å²) in [6, 6.07) is 0. The van der Waals surface area contributed by atoms with E-state index < -0.39 is 6.10 Å². The van der Waals surface area contributed by atoms with Crippen LogP contribution in [0.25, 0.3) is 0 Å². The Labute approximate surface area is 78.6 Å². The van der Waals surface area contributed by atoms with Gasteiger partial charge in [0.15, 0.2) is 0 Å². The lowest BCUT2D eigenvalue weighted by Crippen LogP contribution is -2.29. The van der Waals surface area contributed by atoms with Crippen molar-refractivity contribution in [1.82, 2.24) is 5.32 Å². The fraction of sp³-hybridized carbons (Fsp3) is 0.667. The molecule has 4 heteroatoms. The molecule has 0 bridgehead atoms. The number of nitrogens with one attached hydrogen (secondary N) is 1. The predicted octanol–water partition coefficient (Wildman–Crippen LogP) is 0.0761. The lowest BCUT2D eigenvalue weighted by Gasteiger charge is -2.09. The van der Waals surface area contributed by atoms with E-state index in [1.807, 2.05) is 0 Å². The van der Waals surface area contributed by atoms with Crippen LogP contribution in [0.4, 0.5) is 0 Å². The Balaban J connectivity index is 3.43. The van der Waals surface area contributed by atoms with E-state index in [0.717, 1.165) is 0 Å². The normalized spacial score (nSPS) is 12.2. The smallest absolute Gasteiger partial charge is 0.308 e. The van der Waals surface area contributed by atoms with Crippen LogP contribution in [-0.4, -0.2) is 36.9 Å². The third-order valence-corrected chi connectivity index (χ3v) is 1.38. The average Bonchev–Trinajstić information content (AvgIpc) is 2.05. The molecule has 13 heavy (non-hydrogen) atoms. The number of carbonyl (C=O) groups excluding carboxylic acids is 1.